The lowest BCUT2D eigenvalue weighted by atomic mass is 9.49. The molecule has 142 valence electrons. The normalized spacial score (nSPS) is 44.2. The Kier molecular flexibility index (Phi) is 2.87. The van der Waals surface area contributed by atoms with Gasteiger partial charge in [-0.1, -0.05) is 11.6 Å². The number of esters is 1. The maximum absolute atomic E-state index is 13.2. The van der Waals surface area contributed by atoms with E-state index in [1.165, 1.54) is 12.7 Å². The summed E-state index contributed by atoms with van der Waals surface area (Å²) in [5.41, 5.74) is 2.56. The Labute approximate surface area is 158 Å². The van der Waals surface area contributed by atoms with E-state index in [-0.39, 0.29) is 30.1 Å². The Morgan fingerprint density at radius 1 is 1.41 bits per heavy atom. The van der Waals surface area contributed by atoms with Gasteiger partial charge in [-0.2, -0.15) is 0 Å². The van der Waals surface area contributed by atoms with Gasteiger partial charge in [0.25, 0.3) is 0 Å². The summed E-state index contributed by atoms with van der Waals surface area (Å²) < 4.78 is 17.6. The molecule has 0 radical (unpaired) electrons. The topological polar surface area (TPSA) is 60.0 Å². The van der Waals surface area contributed by atoms with Crippen molar-refractivity contribution < 1.29 is 19.0 Å². The molecule has 1 aromatic carbocycles. The molecular weight excluding hydrogens is 344 g/mol. The molecular formula is C21H24N2O4. The van der Waals surface area contributed by atoms with E-state index in [4.69, 9.17) is 14.2 Å². The predicted octanol–water partition coefficient (Wildman–Crippen LogP) is 2.25. The number of benzene rings is 1. The van der Waals surface area contributed by atoms with E-state index >= 15 is 0 Å². The predicted molar refractivity (Wildman–Crippen MR) is 98.4 cm³/mol. The second kappa shape index (κ2) is 4.86. The van der Waals surface area contributed by atoms with Gasteiger partial charge in [0.15, 0.2) is 5.72 Å². The molecule has 4 fully saturated rings. The third-order valence-corrected chi connectivity index (χ3v) is 7.83. The van der Waals surface area contributed by atoms with Gasteiger partial charge in [0, 0.05) is 18.7 Å². The molecule has 0 aromatic heterocycles. The van der Waals surface area contributed by atoms with Crippen LogP contribution in [0.5, 0.6) is 5.75 Å². The lowest BCUT2D eigenvalue weighted by Crippen LogP contribution is -2.73. The maximum Gasteiger partial charge on any atom is 0.310 e. The number of anilines is 1. The lowest BCUT2D eigenvalue weighted by Gasteiger charge is -2.60. The smallest absolute Gasteiger partial charge is 0.310 e. The molecule has 1 spiro atoms. The molecule has 1 N–H and O–H groups in total. The highest BCUT2D eigenvalue weighted by Gasteiger charge is 2.82. The van der Waals surface area contributed by atoms with Crippen LogP contribution in [-0.2, 0) is 19.7 Å². The molecule has 6 atom stereocenters. The zero-order chi connectivity index (χ0) is 18.6. The summed E-state index contributed by atoms with van der Waals surface area (Å²) in [6.07, 6.45) is 3.96. The van der Waals surface area contributed by atoms with E-state index in [9.17, 15) is 4.79 Å². The second-order valence-electron chi connectivity index (χ2n) is 8.41. The molecule has 6 nitrogen and oxygen atoms in total. The standard InChI is InChI=1S/C21H24N2O4/c1-4-11-10-23-16-8-13(11)18(19(24)26-3)20-9-17(23)27-21(16,20)22-15-6-5-12(25-2)7-14(15)20/h4-7,13,16-18,22H,8-10H2,1-3H3/b11-4-/t13-,16-,17-,18-,20-,21-/m0/s1. The van der Waals surface area contributed by atoms with Crippen LogP contribution < -0.4 is 10.1 Å². The number of hydrogen-bond donors (Lipinski definition) is 1. The molecule has 4 heterocycles. The van der Waals surface area contributed by atoms with Crippen molar-refractivity contribution in [1.29, 1.82) is 0 Å². The minimum Gasteiger partial charge on any atom is -0.497 e. The molecule has 1 saturated carbocycles. The van der Waals surface area contributed by atoms with E-state index in [0.717, 1.165) is 36.4 Å². The highest BCUT2D eigenvalue weighted by atomic mass is 16.6. The number of fused-ring (bicyclic) bond motifs is 4. The van der Waals surface area contributed by atoms with Crippen LogP contribution in [-0.4, -0.2) is 49.6 Å². The SMILES string of the molecule is C/C=C1/CN2[C@@H]3C[C@@]45c6cc(OC)ccc6N[C@]4(O3)[C@@H]2C[C@@H]1[C@H]5C(=O)OC. The highest BCUT2D eigenvalue weighted by molar-refractivity contribution is 5.81. The number of nitrogens with one attached hydrogen (secondary N) is 1. The van der Waals surface area contributed by atoms with Gasteiger partial charge < -0.3 is 19.5 Å². The highest BCUT2D eigenvalue weighted by Crippen LogP contribution is 2.72. The van der Waals surface area contributed by atoms with Crippen molar-refractivity contribution in [2.24, 2.45) is 11.8 Å². The third kappa shape index (κ3) is 1.53. The van der Waals surface area contributed by atoms with Crippen molar-refractivity contribution in [3.05, 3.63) is 35.4 Å². The van der Waals surface area contributed by atoms with Gasteiger partial charge in [0.1, 0.15) is 12.0 Å². The first-order valence-electron chi connectivity index (χ1n) is 9.73. The molecule has 5 aliphatic rings. The second-order valence-corrected chi connectivity index (χ2v) is 8.41. The first kappa shape index (κ1) is 16.0. The van der Waals surface area contributed by atoms with Crippen LogP contribution in [0, 0.1) is 11.8 Å². The summed E-state index contributed by atoms with van der Waals surface area (Å²) in [7, 11) is 3.19. The molecule has 1 aromatic rings. The molecule has 6 heteroatoms. The molecule has 6 rings (SSSR count). The summed E-state index contributed by atoms with van der Waals surface area (Å²) in [4.78, 5) is 15.7. The fourth-order valence-corrected chi connectivity index (χ4v) is 6.90. The first-order chi connectivity index (χ1) is 13.1. The Morgan fingerprint density at radius 2 is 2.26 bits per heavy atom. The Bertz CT molecular complexity index is 898. The van der Waals surface area contributed by atoms with Crippen LogP contribution in [0.2, 0.25) is 0 Å². The van der Waals surface area contributed by atoms with Crippen LogP contribution in [0.25, 0.3) is 0 Å². The zero-order valence-electron chi connectivity index (χ0n) is 15.8. The Hall–Kier alpha value is -2.05. The van der Waals surface area contributed by atoms with Gasteiger partial charge in [0.2, 0.25) is 0 Å². The van der Waals surface area contributed by atoms with Crippen molar-refractivity contribution in [3.63, 3.8) is 0 Å². The van der Waals surface area contributed by atoms with Gasteiger partial charge in [-0.15, -0.1) is 0 Å². The van der Waals surface area contributed by atoms with Crippen molar-refractivity contribution >= 4 is 11.7 Å². The monoisotopic (exact) mass is 368 g/mol. The number of hydrogen-bond acceptors (Lipinski definition) is 6. The third-order valence-electron chi connectivity index (χ3n) is 7.83. The van der Waals surface area contributed by atoms with Crippen LogP contribution in [0.4, 0.5) is 5.69 Å². The van der Waals surface area contributed by atoms with Crippen LogP contribution >= 0.6 is 0 Å². The fraction of sp³-hybridized carbons (Fsp3) is 0.571. The first-order valence-corrected chi connectivity index (χ1v) is 9.73. The van der Waals surface area contributed by atoms with Crippen LogP contribution in [0.15, 0.2) is 29.8 Å². The van der Waals surface area contributed by atoms with Crippen molar-refractivity contribution in [3.8, 4) is 5.75 Å². The maximum atomic E-state index is 13.2. The van der Waals surface area contributed by atoms with Crippen molar-refractivity contribution in [2.75, 3.05) is 26.1 Å². The lowest BCUT2D eigenvalue weighted by molar-refractivity contribution is -0.161. The fourth-order valence-electron chi connectivity index (χ4n) is 6.90. The van der Waals surface area contributed by atoms with Gasteiger partial charge >= 0.3 is 5.97 Å². The molecule has 4 bridgehead atoms. The van der Waals surface area contributed by atoms with E-state index < -0.39 is 11.1 Å². The molecule has 1 aliphatic carbocycles. The summed E-state index contributed by atoms with van der Waals surface area (Å²) in [5, 5.41) is 3.73. The van der Waals surface area contributed by atoms with Gasteiger partial charge in [0.05, 0.1) is 31.6 Å². The quantitative estimate of drug-likeness (QED) is 0.638. The largest absolute Gasteiger partial charge is 0.497 e. The molecule has 0 unspecified atom stereocenters. The van der Waals surface area contributed by atoms with Gasteiger partial charge in [-0.3, -0.25) is 9.69 Å². The van der Waals surface area contributed by atoms with Crippen molar-refractivity contribution in [2.45, 2.75) is 43.2 Å². The van der Waals surface area contributed by atoms with E-state index in [0.29, 0.717) is 0 Å². The summed E-state index contributed by atoms with van der Waals surface area (Å²) >= 11 is 0. The van der Waals surface area contributed by atoms with Crippen LogP contribution in [0.1, 0.15) is 25.3 Å². The zero-order valence-corrected chi connectivity index (χ0v) is 15.8. The molecule has 3 saturated heterocycles. The number of carbonyl (C=O) groups is 1. The number of carbonyl (C=O) groups excluding carboxylic acids is 1. The van der Waals surface area contributed by atoms with E-state index in [2.05, 4.69) is 35.3 Å². The molecule has 4 aliphatic heterocycles. The average Bonchev–Trinajstić information content (AvgIpc) is 3.29. The molecule has 27 heavy (non-hydrogen) atoms. The summed E-state index contributed by atoms with van der Waals surface area (Å²) in [5.74, 6) is 0.628. The number of allylic oxidation sites excluding steroid dienone is 1. The van der Waals surface area contributed by atoms with Crippen molar-refractivity contribution in [1.82, 2.24) is 4.90 Å². The minimum atomic E-state index is -0.555. The minimum absolute atomic E-state index is 0.0326. The molecule has 0 amide bonds. The number of methoxy groups -OCH3 is 2. The summed E-state index contributed by atoms with van der Waals surface area (Å²) in [6, 6.07) is 6.39. The Balaban J connectivity index is 1.65. The van der Waals surface area contributed by atoms with Gasteiger partial charge in [-0.05, 0) is 43.0 Å². The van der Waals surface area contributed by atoms with Gasteiger partial charge in [-0.25, -0.2) is 0 Å². The average molecular weight is 368 g/mol. The number of rotatable bonds is 2. The number of ether oxygens (including phenoxy) is 3. The Morgan fingerprint density at radius 3 is 3.00 bits per heavy atom. The summed E-state index contributed by atoms with van der Waals surface area (Å²) in [6.45, 7) is 2.96. The van der Waals surface area contributed by atoms with Crippen LogP contribution in [0.3, 0.4) is 0 Å². The number of nitrogens with zero attached hydrogens (tertiary/aromatic N) is 1. The number of piperidine rings is 2. The van der Waals surface area contributed by atoms with E-state index in [1.807, 2.05) is 6.07 Å². The van der Waals surface area contributed by atoms with E-state index in [1.54, 1.807) is 7.11 Å².